The topological polar surface area (TPSA) is 54.0 Å². The molecule has 2 rings (SSSR count). The quantitative estimate of drug-likeness (QED) is 0.865. The van der Waals surface area contributed by atoms with E-state index in [0.29, 0.717) is 0 Å². The summed E-state index contributed by atoms with van der Waals surface area (Å²) in [6.45, 7) is 1.54. The lowest BCUT2D eigenvalue weighted by Gasteiger charge is -2.29. The van der Waals surface area contributed by atoms with Gasteiger partial charge in [-0.3, -0.25) is 9.78 Å². The van der Waals surface area contributed by atoms with Crippen molar-refractivity contribution in [2.75, 3.05) is 18.4 Å². The van der Waals surface area contributed by atoms with Crippen molar-refractivity contribution in [2.24, 2.45) is 5.41 Å². The molecule has 1 amide bonds. The van der Waals surface area contributed by atoms with Crippen LogP contribution >= 0.6 is 0 Å². The second kappa shape index (κ2) is 4.80. The van der Waals surface area contributed by atoms with Crippen LogP contribution in [0.4, 0.5) is 18.9 Å². The van der Waals surface area contributed by atoms with Crippen LogP contribution < -0.4 is 10.6 Å². The van der Waals surface area contributed by atoms with Crippen LogP contribution in [0.1, 0.15) is 12.0 Å². The molecule has 1 atom stereocenters. The highest BCUT2D eigenvalue weighted by molar-refractivity contribution is 5.96. The first-order valence-corrected chi connectivity index (χ1v) is 5.86. The maximum absolute atomic E-state index is 13.1. The molecule has 0 spiro atoms. The average Bonchev–Trinajstić information content (AvgIpc) is 2.78. The number of hydrogen-bond donors (Lipinski definition) is 2. The van der Waals surface area contributed by atoms with Gasteiger partial charge in [0.05, 0.1) is 11.9 Å². The zero-order valence-electron chi connectivity index (χ0n) is 10.3. The average molecular weight is 273 g/mol. The predicted molar refractivity (Wildman–Crippen MR) is 63.6 cm³/mol. The molecule has 2 N–H and O–H groups in total. The molecule has 1 aromatic rings. The first-order valence-electron chi connectivity index (χ1n) is 5.86. The number of aryl methyl sites for hydroxylation is 1. The summed E-state index contributed by atoms with van der Waals surface area (Å²) < 4.78 is 39.4. The fourth-order valence-electron chi connectivity index (χ4n) is 2.13. The van der Waals surface area contributed by atoms with E-state index < -0.39 is 17.5 Å². The summed E-state index contributed by atoms with van der Waals surface area (Å²) in [4.78, 5) is 15.8. The number of carbonyl (C=O) groups excluding carboxylic acids is 1. The van der Waals surface area contributed by atoms with Crippen LogP contribution in [0.15, 0.2) is 18.5 Å². The van der Waals surface area contributed by atoms with Crippen molar-refractivity contribution in [1.29, 1.82) is 0 Å². The van der Waals surface area contributed by atoms with E-state index in [0.717, 1.165) is 5.56 Å². The normalized spacial score (nSPS) is 23.4. The van der Waals surface area contributed by atoms with E-state index in [9.17, 15) is 18.0 Å². The molecule has 104 valence electrons. The summed E-state index contributed by atoms with van der Waals surface area (Å²) >= 11 is 0. The van der Waals surface area contributed by atoms with Crippen molar-refractivity contribution in [1.82, 2.24) is 10.3 Å². The number of nitrogens with one attached hydrogen (secondary N) is 2. The maximum atomic E-state index is 13.1. The molecule has 0 radical (unpaired) electrons. The number of anilines is 1. The molecule has 7 heteroatoms. The Balaban J connectivity index is 2.22. The van der Waals surface area contributed by atoms with Crippen molar-refractivity contribution in [3.05, 3.63) is 24.0 Å². The Kier molecular flexibility index (Phi) is 3.49. The SMILES string of the molecule is Cc1cncc(NC(=O)C2(C(F)(F)F)CCNC2)c1. The lowest BCUT2D eigenvalue weighted by molar-refractivity contribution is -0.213. The van der Waals surface area contributed by atoms with Crippen LogP contribution in [0.25, 0.3) is 0 Å². The first kappa shape index (κ1) is 13.8. The van der Waals surface area contributed by atoms with Crippen molar-refractivity contribution in [3.63, 3.8) is 0 Å². The molecule has 1 saturated heterocycles. The molecule has 1 fully saturated rings. The summed E-state index contributed by atoms with van der Waals surface area (Å²) in [5.74, 6) is -1.03. The Labute approximate surface area is 108 Å². The van der Waals surface area contributed by atoms with E-state index >= 15 is 0 Å². The van der Waals surface area contributed by atoms with Crippen molar-refractivity contribution >= 4 is 11.6 Å². The van der Waals surface area contributed by atoms with Gasteiger partial charge in [0, 0.05) is 12.7 Å². The van der Waals surface area contributed by atoms with Gasteiger partial charge in [-0.05, 0) is 31.5 Å². The molecule has 1 aliphatic heterocycles. The van der Waals surface area contributed by atoms with Crippen LogP contribution in [0, 0.1) is 12.3 Å². The molecular formula is C12H14F3N3O. The van der Waals surface area contributed by atoms with Crippen molar-refractivity contribution in [3.8, 4) is 0 Å². The number of hydrogen-bond acceptors (Lipinski definition) is 3. The van der Waals surface area contributed by atoms with E-state index in [-0.39, 0.29) is 25.2 Å². The number of amides is 1. The zero-order valence-corrected chi connectivity index (χ0v) is 10.3. The Morgan fingerprint density at radius 3 is 2.74 bits per heavy atom. The van der Waals surface area contributed by atoms with Crippen LogP contribution in [0.2, 0.25) is 0 Å². The standard InChI is InChI=1S/C12H14F3N3O/c1-8-4-9(6-17-5-8)18-10(19)11(12(13,14)15)2-3-16-7-11/h4-6,16H,2-3,7H2,1H3,(H,18,19). The lowest BCUT2D eigenvalue weighted by atomic mass is 9.85. The van der Waals surface area contributed by atoms with Crippen molar-refractivity contribution in [2.45, 2.75) is 19.5 Å². The molecule has 1 aromatic heterocycles. The summed E-state index contributed by atoms with van der Waals surface area (Å²) in [5, 5.41) is 4.91. The number of halogens is 3. The van der Waals surface area contributed by atoms with Gasteiger partial charge in [0.25, 0.3) is 0 Å². The number of rotatable bonds is 2. The third kappa shape index (κ3) is 2.56. The van der Waals surface area contributed by atoms with Crippen LogP contribution in [0.3, 0.4) is 0 Å². The molecule has 19 heavy (non-hydrogen) atoms. The molecule has 0 bridgehead atoms. The molecule has 2 heterocycles. The van der Waals surface area contributed by atoms with Crippen molar-refractivity contribution < 1.29 is 18.0 Å². The second-order valence-electron chi connectivity index (χ2n) is 4.71. The fourth-order valence-corrected chi connectivity index (χ4v) is 2.13. The molecule has 0 saturated carbocycles. The monoisotopic (exact) mass is 273 g/mol. The van der Waals surface area contributed by atoms with E-state index in [1.54, 1.807) is 19.2 Å². The van der Waals surface area contributed by atoms with E-state index in [1.807, 2.05) is 0 Å². The second-order valence-corrected chi connectivity index (χ2v) is 4.71. The Morgan fingerprint density at radius 2 is 2.21 bits per heavy atom. The Hall–Kier alpha value is -1.63. The first-order chi connectivity index (χ1) is 8.85. The van der Waals surface area contributed by atoms with Gasteiger partial charge in [-0.15, -0.1) is 0 Å². The zero-order chi connectivity index (χ0) is 14.1. The molecule has 0 aliphatic carbocycles. The fraction of sp³-hybridized carbons (Fsp3) is 0.500. The number of aromatic nitrogens is 1. The smallest absolute Gasteiger partial charge is 0.324 e. The van der Waals surface area contributed by atoms with E-state index in [1.165, 1.54) is 6.20 Å². The predicted octanol–water partition coefficient (Wildman–Crippen LogP) is 1.87. The van der Waals surface area contributed by atoms with Gasteiger partial charge in [0.2, 0.25) is 5.91 Å². The highest BCUT2D eigenvalue weighted by Crippen LogP contribution is 2.43. The summed E-state index contributed by atoms with van der Waals surface area (Å²) in [6.07, 6.45) is -1.93. The van der Waals surface area contributed by atoms with Crippen LogP contribution in [0.5, 0.6) is 0 Å². The largest absolute Gasteiger partial charge is 0.404 e. The maximum Gasteiger partial charge on any atom is 0.404 e. The molecule has 4 nitrogen and oxygen atoms in total. The molecule has 0 aromatic carbocycles. The van der Waals surface area contributed by atoms with Gasteiger partial charge in [0.15, 0.2) is 5.41 Å². The number of nitrogens with zero attached hydrogens (tertiary/aromatic N) is 1. The number of alkyl halides is 3. The highest BCUT2D eigenvalue weighted by Gasteiger charge is 2.61. The minimum atomic E-state index is -4.57. The third-order valence-electron chi connectivity index (χ3n) is 3.27. The minimum absolute atomic E-state index is 0.180. The third-order valence-corrected chi connectivity index (χ3v) is 3.27. The number of carbonyl (C=O) groups is 1. The van der Waals surface area contributed by atoms with Gasteiger partial charge < -0.3 is 10.6 Å². The van der Waals surface area contributed by atoms with Crippen LogP contribution in [-0.2, 0) is 4.79 Å². The van der Waals surface area contributed by atoms with Gasteiger partial charge in [0.1, 0.15) is 0 Å². The van der Waals surface area contributed by atoms with Gasteiger partial charge >= 0.3 is 6.18 Å². The number of pyridine rings is 1. The van der Waals surface area contributed by atoms with E-state index in [2.05, 4.69) is 15.6 Å². The van der Waals surface area contributed by atoms with Gasteiger partial charge in [-0.1, -0.05) is 0 Å². The summed E-state index contributed by atoms with van der Waals surface area (Å²) in [6, 6.07) is 1.58. The minimum Gasteiger partial charge on any atom is -0.324 e. The Morgan fingerprint density at radius 1 is 1.47 bits per heavy atom. The van der Waals surface area contributed by atoms with Crippen LogP contribution in [-0.4, -0.2) is 30.2 Å². The highest BCUT2D eigenvalue weighted by atomic mass is 19.4. The van der Waals surface area contributed by atoms with Gasteiger partial charge in [-0.2, -0.15) is 13.2 Å². The Bertz CT molecular complexity index is 481. The summed E-state index contributed by atoms with van der Waals surface area (Å²) in [7, 11) is 0. The lowest BCUT2D eigenvalue weighted by Crippen LogP contribution is -2.49. The summed E-state index contributed by atoms with van der Waals surface area (Å²) in [5.41, 5.74) is -1.31. The van der Waals surface area contributed by atoms with Gasteiger partial charge in [-0.25, -0.2) is 0 Å². The van der Waals surface area contributed by atoms with E-state index in [4.69, 9.17) is 0 Å². The molecular weight excluding hydrogens is 259 g/mol. The molecule has 1 unspecified atom stereocenters. The molecule has 1 aliphatic rings.